The topological polar surface area (TPSA) is 98.5 Å². The van der Waals surface area contributed by atoms with Gasteiger partial charge in [-0.3, -0.25) is 19.7 Å². The van der Waals surface area contributed by atoms with Crippen LogP contribution in [0.3, 0.4) is 0 Å². The van der Waals surface area contributed by atoms with Gasteiger partial charge >= 0.3 is 0 Å². The highest BCUT2D eigenvalue weighted by Gasteiger charge is 2.17. The van der Waals surface area contributed by atoms with Gasteiger partial charge in [-0.05, 0) is 37.0 Å². The Labute approximate surface area is 176 Å². The summed E-state index contributed by atoms with van der Waals surface area (Å²) in [5, 5.41) is 13.9. The van der Waals surface area contributed by atoms with Crippen LogP contribution in [0.15, 0.2) is 48.5 Å². The van der Waals surface area contributed by atoms with E-state index in [9.17, 15) is 19.7 Å². The molecule has 2 aromatic carbocycles. The number of unbranched alkanes of at least 4 members (excludes halogenated alkanes) is 2. The number of carbonyl (C=O) groups is 2. The highest BCUT2D eigenvalue weighted by molar-refractivity contribution is 5.82. The fraction of sp³-hybridized carbons (Fsp3) is 0.391. The monoisotopic (exact) mass is 412 g/mol. The summed E-state index contributed by atoms with van der Waals surface area (Å²) in [4.78, 5) is 33.8. The molecule has 7 nitrogen and oxygen atoms in total. The zero-order chi connectivity index (χ0) is 21.8. The van der Waals surface area contributed by atoms with E-state index in [1.165, 1.54) is 18.2 Å². The van der Waals surface area contributed by atoms with E-state index in [-0.39, 0.29) is 23.3 Å². The Hall–Kier alpha value is -3.22. The van der Waals surface area contributed by atoms with Gasteiger partial charge in [-0.2, -0.15) is 0 Å². The summed E-state index contributed by atoms with van der Waals surface area (Å²) in [5.41, 5.74) is 0.763. The summed E-state index contributed by atoms with van der Waals surface area (Å²) in [7, 11) is 0. The van der Waals surface area contributed by atoms with Crippen LogP contribution in [0.5, 0.6) is 5.75 Å². The first-order chi connectivity index (χ1) is 14.5. The lowest BCUT2D eigenvalue weighted by Gasteiger charge is -2.19. The summed E-state index contributed by atoms with van der Waals surface area (Å²) in [6.45, 7) is 2.59. The van der Waals surface area contributed by atoms with Crippen LogP contribution in [-0.2, 0) is 11.3 Å². The first-order valence-electron chi connectivity index (χ1n) is 10.2. The summed E-state index contributed by atoms with van der Waals surface area (Å²) >= 11 is 0. The van der Waals surface area contributed by atoms with E-state index >= 15 is 0 Å². The molecule has 30 heavy (non-hydrogen) atoms. The molecule has 0 aliphatic rings. The number of ether oxygens (including phenoxy) is 1. The number of nitro benzene ring substituents is 1. The van der Waals surface area contributed by atoms with Crippen molar-refractivity contribution in [3.05, 3.63) is 69.8 Å². The van der Waals surface area contributed by atoms with Crippen LogP contribution in [0.2, 0.25) is 0 Å². The number of amides is 1. The van der Waals surface area contributed by atoms with Crippen LogP contribution in [0.4, 0.5) is 5.69 Å². The van der Waals surface area contributed by atoms with E-state index in [1.807, 2.05) is 30.3 Å². The fourth-order valence-corrected chi connectivity index (χ4v) is 3.12. The van der Waals surface area contributed by atoms with Crippen LogP contribution in [-0.4, -0.2) is 23.2 Å². The number of hydrogen-bond acceptors (Lipinski definition) is 5. The quantitative estimate of drug-likeness (QED) is 0.220. The average molecular weight is 412 g/mol. The molecule has 7 heteroatoms. The fourth-order valence-electron chi connectivity index (χ4n) is 3.12. The Morgan fingerprint density at radius 3 is 2.60 bits per heavy atom. The van der Waals surface area contributed by atoms with Gasteiger partial charge in [-0.15, -0.1) is 0 Å². The van der Waals surface area contributed by atoms with Crippen molar-refractivity contribution >= 4 is 17.9 Å². The third kappa shape index (κ3) is 7.66. The molecule has 0 radical (unpaired) electrons. The van der Waals surface area contributed by atoms with Gasteiger partial charge < -0.3 is 10.1 Å². The normalized spacial score (nSPS) is 11.5. The molecule has 2 rings (SSSR count). The maximum atomic E-state index is 12.2. The highest BCUT2D eigenvalue weighted by atomic mass is 16.6. The smallest absolute Gasteiger partial charge is 0.280 e. The summed E-state index contributed by atoms with van der Waals surface area (Å²) < 4.78 is 5.99. The minimum atomic E-state index is -0.594. The Kier molecular flexibility index (Phi) is 9.51. The van der Waals surface area contributed by atoms with E-state index in [0.717, 1.165) is 31.2 Å². The van der Waals surface area contributed by atoms with Gasteiger partial charge in [-0.1, -0.05) is 50.1 Å². The average Bonchev–Trinajstić information content (AvgIpc) is 2.76. The zero-order valence-electron chi connectivity index (χ0n) is 17.2. The van der Waals surface area contributed by atoms with Gasteiger partial charge in [0.25, 0.3) is 5.69 Å². The highest BCUT2D eigenvalue weighted by Crippen LogP contribution is 2.25. The van der Waals surface area contributed by atoms with Gasteiger partial charge in [0.1, 0.15) is 5.75 Å². The van der Waals surface area contributed by atoms with E-state index in [4.69, 9.17) is 4.74 Å². The van der Waals surface area contributed by atoms with Crippen LogP contribution in [0.25, 0.3) is 0 Å². The van der Waals surface area contributed by atoms with Crippen LogP contribution >= 0.6 is 0 Å². The van der Waals surface area contributed by atoms with Gasteiger partial charge in [0.05, 0.1) is 16.6 Å². The number of carbonyl (C=O) groups excluding carboxylic acids is 2. The molecule has 0 aliphatic carbocycles. The second-order valence-electron chi connectivity index (χ2n) is 7.13. The van der Waals surface area contributed by atoms with E-state index in [0.29, 0.717) is 31.4 Å². The summed E-state index contributed by atoms with van der Waals surface area (Å²) in [6, 6.07) is 13.8. The van der Waals surface area contributed by atoms with Gasteiger partial charge in [0.15, 0.2) is 6.29 Å². The lowest BCUT2D eigenvalue weighted by atomic mass is 10.1. The molecule has 0 aliphatic heterocycles. The predicted molar refractivity (Wildman–Crippen MR) is 115 cm³/mol. The predicted octanol–water partition coefficient (Wildman–Crippen LogP) is 4.83. The van der Waals surface area contributed by atoms with Crippen molar-refractivity contribution in [3.8, 4) is 5.75 Å². The number of nitrogens with zero attached hydrogens (tertiary/aromatic N) is 1. The number of nitrogens with one attached hydrogen (secondary N) is 1. The van der Waals surface area contributed by atoms with Gasteiger partial charge in [-0.25, -0.2) is 0 Å². The van der Waals surface area contributed by atoms with Gasteiger partial charge in [0.2, 0.25) is 5.91 Å². The minimum absolute atomic E-state index is 0.0228. The number of aldehydes is 1. The molecule has 1 N–H and O–H groups in total. The lowest BCUT2D eigenvalue weighted by molar-refractivity contribution is -0.385. The molecule has 0 fully saturated rings. The third-order valence-electron chi connectivity index (χ3n) is 4.78. The first kappa shape index (κ1) is 23.1. The molecule has 0 heterocycles. The standard InChI is InChI=1S/C23H28N2O5/c1-2-3-5-10-20(12-14-23(27)24-16-18-8-6-4-7-9-18)30-21-11-13-22(25(28)29)19(15-21)17-26/h4,6-9,11,13,15,17,20H,2-3,5,10,12,14,16H2,1H3,(H,24,27). The molecule has 0 saturated heterocycles. The molecular formula is C23H28N2O5. The summed E-state index contributed by atoms with van der Waals surface area (Å²) in [5.74, 6) is 0.342. The Morgan fingerprint density at radius 1 is 1.17 bits per heavy atom. The molecule has 0 saturated carbocycles. The zero-order valence-corrected chi connectivity index (χ0v) is 17.2. The molecule has 0 bridgehead atoms. The number of nitro groups is 1. The van der Waals surface area contributed by atoms with Crippen LogP contribution in [0, 0.1) is 10.1 Å². The second kappa shape index (κ2) is 12.4. The molecule has 0 aromatic heterocycles. The van der Waals surface area contributed by atoms with Crippen molar-refractivity contribution in [2.24, 2.45) is 0 Å². The van der Waals surface area contributed by atoms with Gasteiger partial charge in [0, 0.05) is 19.0 Å². The number of rotatable bonds is 13. The van der Waals surface area contributed by atoms with E-state index in [1.54, 1.807) is 0 Å². The van der Waals surface area contributed by atoms with Crippen molar-refractivity contribution in [1.29, 1.82) is 0 Å². The Balaban J connectivity index is 1.95. The second-order valence-corrected chi connectivity index (χ2v) is 7.13. The van der Waals surface area contributed by atoms with E-state index < -0.39 is 4.92 Å². The first-order valence-corrected chi connectivity index (χ1v) is 10.2. The third-order valence-corrected chi connectivity index (χ3v) is 4.78. The molecule has 1 unspecified atom stereocenters. The number of hydrogen-bond donors (Lipinski definition) is 1. The van der Waals surface area contributed by atoms with E-state index in [2.05, 4.69) is 12.2 Å². The van der Waals surface area contributed by atoms with Crippen LogP contribution < -0.4 is 10.1 Å². The summed E-state index contributed by atoms with van der Waals surface area (Å²) in [6.07, 6.45) is 4.94. The maximum absolute atomic E-state index is 12.2. The van der Waals surface area contributed by atoms with Crippen LogP contribution in [0.1, 0.15) is 61.4 Å². The molecule has 1 atom stereocenters. The Bertz CT molecular complexity index is 839. The Morgan fingerprint density at radius 2 is 1.93 bits per heavy atom. The molecule has 2 aromatic rings. The maximum Gasteiger partial charge on any atom is 0.280 e. The van der Waals surface area contributed by atoms with Crippen molar-refractivity contribution in [2.45, 2.75) is 58.1 Å². The molecule has 0 spiro atoms. The molecule has 160 valence electrons. The molecule has 1 amide bonds. The minimum Gasteiger partial charge on any atom is -0.490 e. The van der Waals surface area contributed by atoms with Crippen molar-refractivity contribution in [3.63, 3.8) is 0 Å². The SMILES string of the molecule is CCCCCC(CCC(=O)NCc1ccccc1)Oc1ccc([N+](=O)[O-])c(C=O)c1. The largest absolute Gasteiger partial charge is 0.490 e. The van der Waals surface area contributed by atoms with Crippen molar-refractivity contribution in [1.82, 2.24) is 5.32 Å². The lowest BCUT2D eigenvalue weighted by Crippen LogP contribution is -2.25. The van der Waals surface area contributed by atoms with Crippen molar-refractivity contribution in [2.75, 3.05) is 0 Å². The molecular weight excluding hydrogens is 384 g/mol. The number of benzene rings is 2. The van der Waals surface area contributed by atoms with Crippen molar-refractivity contribution < 1.29 is 19.2 Å².